The molecule has 0 fully saturated rings. The summed E-state index contributed by atoms with van der Waals surface area (Å²) in [4.78, 5) is 4.38. The highest BCUT2D eigenvalue weighted by Crippen LogP contribution is 2.20. The average Bonchev–Trinajstić information content (AvgIpc) is 2.62. The lowest BCUT2D eigenvalue weighted by Gasteiger charge is -2.10. The van der Waals surface area contributed by atoms with Gasteiger partial charge in [0.15, 0.2) is 5.82 Å². The third kappa shape index (κ3) is 5.32. The molecular formula is C19H20ClN5O. The van der Waals surface area contributed by atoms with Crippen molar-refractivity contribution >= 4 is 29.1 Å². The van der Waals surface area contributed by atoms with Crippen LogP contribution in [0.3, 0.4) is 0 Å². The molecule has 0 saturated heterocycles. The Kier molecular flexibility index (Phi) is 5.86. The van der Waals surface area contributed by atoms with Crippen LogP contribution in [0.1, 0.15) is 19.4 Å². The predicted molar refractivity (Wildman–Crippen MR) is 104 cm³/mol. The number of nitrogens with one attached hydrogen (secondary N) is 2. The van der Waals surface area contributed by atoms with E-state index < -0.39 is 0 Å². The standard InChI is InChI=1S/C19H20ClN5O/c1-13(2)22-18-11-21-25-19(24-18)23-16-7-9-17(10-8-16)26-12-14-3-5-15(20)6-4-14/h3-11,13H,12H2,1-2H3,(H2,22,23,24,25). The van der Waals surface area contributed by atoms with E-state index in [2.05, 4.69) is 25.8 Å². The van der Waals surface area contributed by atoms with E-state index >= 15 is 0 Å². The smallest absolute Gasteiger partial charge is 0.249 e. The zero-order valence-electron chi connectivity index (χ0n) is 14.6. The summed E-state index contributed by atoms with van der Waals surface area (Å²) in [5.74, 6) is 1.89. The van der Waals surface area contributed by atoms with Crippen LogP contribution in [0.5, 0.6) is 5.75 Å². The van der Waals surface area contributed by atoms with Crippen LogP contribution >= 0.6 is 11.6 Å². The summed E-state index contributed by atoms with van der Waals surface area (Å²) >= 11 is 5.88. The second kappa shape index (κ2) is 8.49. The molecule has 0 spiro atoms. The van der Waals surface area contributed by atoms with Gasteiger partial charge in [0.05, 0.1) is 6.20 Å². The van der Waals surface area contributed by atoms with Crippen molar-refractivity contribution in [3.63, 3.8) is 0 Å². The van der Waals surface area contributed by atoms with Gasteiger partial charge in [-0.25, -0.2) is 0 Å². The fourth-order valence-corrected chi connectivity index (χ4v) is 2.36. The summed E-state index contributed by atoms with van der Waals surface area (Å²) in [5.41, 5.74) is 1.91. The van der Waals surface area contributed by atoms with Crippen molar-refractivity contribution in [1.82, 2.24) is 15.2 Å². The number of ether oxygens (including phenoxy) is 1. The van der Waals surface area contributed by atoms with Crippen LogP contribution in [0, 0.1) is 0 Å². The van der Waals surface area contributed by atoms with Crippen LogP contribution in [0.2, 0.25) is 5.02 Å². The zero-order valence-corrected chi connectivity index (χ0v) is 15.4. The van der Waals surface area contributed by atoms with E-state index in [-0.39, 0.29) is 6.04 Å². The molecule has 0 unspecified atom stereocenters. The number of halogens is 1. The lowest BCUT2D eigenvalue weighted by molar-refractivity contribution is 0.306. The minimum absolute atomic E-state index is 0.275. The van der Waals surface area contributed by atoms with Crippen LogP contribution in [0.4, 0.5) is 17.5 Å². The van der Waals surface area contributed by atoms with Gasteiger partial charge < -0.3 is 15.4 Å². The second-order valence-electron chi connectivity index (χ2n) is 6.03. The van der Waals surface area contributed by atoms with Gasteiger partial charge >= 0.3 is 0 Å². The van der Waals surface area contributed by atoms with Gasteiger partial charge in [-0.2, -0.15) is 10.1 Å². The first-order valence-electron chi connectivity index (χ1n) is 8.29. The zero-order chi connectivity index (χ0) is 18.4. The van der Waals surface area contributed by atoms with E-state index in [4.69, 9.17) is 16.3 Å². The van der Waals surface area contributed by atoms with Gasteiger partial charge in [-0.1, -0.05) is 23.7 Å². The molecule has 2 N–H and O–H groups in total. The van der Waals surface area contributed by atoms with Crippen molar-refractivity contribution in [3.8, 4) is 5.75 Å². The summed E-state index contributed by atoms with van der Waals surface area (Å²) in [7, 11) is 0. The molecule has 0 amide bonds. The summed E-state index contributed by atoms with van der Waals surface area (Å²) in [6.45, 7) is 4.57. The Balaban J connectivity index is 1.58. The Morgan fingerprint density at radius 2 is 1.77 bits per heavy atom. The molecule has 0 aliphatic rings. The predicted octanol–water partition coefficient (Wildman–Crippen LogP) is 4.67. The van der Waals surface area contributed by atoms with E-state index in [1.807, 2.05) is 62.4 Å². The van der Waals surface area contributed by atoms with Crippen LogP contribution in [-0.4, -0.2) is 21.2 Å². The largest absolute Gasteiger partial charge is 0.489 e. The molecule has 3 aromatic rings. The molecule has 134 valence electrons. The number of rotatable bonds is 7. The highest BCUT2D eigenvalue weighted by atomic mass is 35.5. The molecule has 0 saturated carbocycles. The quantitative estimate of drug-likeness (QED) is 0.630. The van der Waals surface area contributed by atoms with Crippen LogP contribution in [0.15, 0.2) is 54.7 Å². The first-order chi connectivity index (χ1) is 12.6. The second-order valence-corrected chi connectivity index (χ2v) is 6.47. The molecule has 26 heavy (non-hydrogen) atoms. The van der Waals surface area contributed by atoms with Crippen LogP contribution in [0.25, 0.3) is 0 Å². The lowest BCUT2D eigenvalue weighted by Crippen LogP contribution is -2.12. The lowest BCUT2D eigenvalue weighted by atomic mass is 10.2. The molecule has 1 aromatic heterocycles. The van der Waals surface area contributed by atoms with Crippen molar-refractivity contribution < 1.29 is 4.74 Å². The normalized spacial score (nSPS) is 10.6. The van der Waals surface area contributed by atoms with Crippen LogP contribution in [-0.2, 0) is 6.61 Å². The first kappa shape index (κ1) is 17.9. The number of anilines is 3. The summed E-state index contributed by atoms with van der Waals surface area (Å²) in [6, 6.07) is 15.5. The molecule has 6 nitrogen and oxygen atoms in total. The van der Waals surface area contributed by atoms with Crippen molar-refractivity contribution in [2.24, 2.45) is 0 Å². The maximum absolute atomic E-state index is 5.88. The van der Waals surface area contributed by atoms with Crippen LogP contribution < -0.4 is 15.4 Å². The first-order valence-corrected chi connectivity index (χ1v) is 8.67. The molecule has 0 aliphatic carbocycles. The van der Waals surface area contributed by atoms with Gasteiger partial charge in [0.1, 0.15) is 12.4 Å². The minimum atomic E-state index is 0.275. The number of benzene rings is 2. The molecule has 2 aromatic carbocycles. The number of aromatic nitrogens is 3. The Labute approximate surface area is 157 Å². The minimum Gasteiger partial charge on any atom is -0.489 e. The highest BCUT2D eigenvalue weighted by Gasteiger charge is 2.03. The van der Waals surface area contributed by atoms with Crippen molar-refractivity contribution in [2.75, 3.05) is 10.6 Å². The molecule has 0 bridgehead atoms. The molecule has 7 heteroatoms. The van der Waals surface area contributed by atoms with E-state index in [1.54, 1.807) is 6.20 Å². The molecule has 0 radical (unpaired) electrons. The summed E-state index contributed by atoms with van der Waals surface area (Å²) < 4.78 is 5.78. The van der Waals surface area contributed by atoms with E-state index in [9.17, 15) is 0 Å². The fourth-order valence-electron chi connectivity index (χ4n) is 2.23. The Morgan fingerprint density at radius 1 is 1.04 bits per heavy atom. The third-order valence-corrected chi connectivity index (χ3v) is 3.68. The number of hydrogen-bond donors (Lipinski definition) is 2. The van der Waals surface area contributed by atoms with Gasteiger partial charge in [0.25, 0.3) is 0 Å². The maximum atomic E-state index is 5.88. The van der Waals surface area contributed by atoms with Gasteiger partial charge in [0, 0.05) is 16.8 Å². The van der Waals surface area contributed by atoms with Gasteiger partial charge in [0.2, 0.25) is 5.95 Å². The van der Waals surface area contributed by atoms with Crippen molar-refractivity contribution in [2.45, 2.75) is 26.5 Å². The molecule has 0 atom stereocenters. The SMILES string of the molecule is CC(C)Nc1cnnc(Nc2ccc(OCc3ccc(Cl)cc3)cc2)n1. The number of hydrogen-bond acceptors (Lipinski definition) is 6. The van der Waals surface area contributed by atoms with Gasteiger partial charge in [-0.15, -0.1) is 5.10 Å². The number of nitrogens with zero attached hydrogens (tertiary/aromatic N) is 3. The van der Waals surface area contributed by atoms with Crippen molar-refractivity contribution in [1.29, 1.82) is 0 Å². The monoisotopic (exact) mass is 369 g/mol. The Hall–Kier alpha value is -2.86. The average molecular weight is 370 g/mol. The molecule has 3 rings (SSSR count). The molecular weight excluding hydrogens is 350 g/mol. The Bertz CT molecular complexity index is 837. The molecule has 0 aliphatic heterocycles. The van der Waals surface area contributed by atoms with Crippen molar-refractivity contribution in [3.05, 3.63) is 65.3 Å². The third-order valence-electron chi connectivity index (χ3n) is 3.42. The van der Waals surface area contributed by atoms with E-state index in [0.717, 1.165) is 17.0 Å². The summed E-state index contributed by atoms with van der Waals surface area (Å²) in [6.07, 6.45) is 1.60. The maximum Gasteiger partial charge on any atom is 0.249 e. The Morgan fingerprint density at radius 3 is 2.46 bits per heavy atom. The summed E-state index contributed by atoms with van der Waals surface area (Å²) in [5, 5.41) is 15.0. The fraction of sp³-hybridized carbons (Fsp3) is 0.211. The molecule has 1 heterocycles. The topological polar surface area (TPSA) is 72.0 Å². The van der Waals surface area contributed by atoms with E-state index in [1.165, 1.54) is 0 Å². The highest BCUT2D eigenvalue weighted by molar-refractivity contribution is 6.30. The van der Waals surface area contributed by atoms with Gasteiger partial charge in [-0.05, 0) is 55.8 Å². The van der Waals surface area contributed by atoms with Gasteiger partial charge in [-0.3, -0.25) is 0 Å². The van der Waals surface area contributed by atoms with E-state index in [0.29, 0.717) is 23.4 Å².